The molecule has 3 aliphatic heterocycles. The fourth-order valence-corrected chi connectivity index (χ4v) is 6.75. The van der Waals surface area contributed by atoms with Crippen LogP contribution in [-0.2, 0) is 28.9 Å². The first kappa shape index (κ1) is 19.4. The molecule has 3 fully saturated rings. The highest BCUT2D eigenvalue weighted by Gasteiger charge is 2.40. The van der Waals surface area contributed by atoms with Crippen molar-refractivity contribution >= 4 is 27.4 Å². The number of ether oxygens (including phenoxy) is 2. The smallest absolute Gasteiger partial charge is 0.146 e. The van der Waals surface area contributed by atoms with Crippen molar-refractivity contribution < 1.29 is 9.47 Å². The lowest BCUT2D eigenvalue weighted by Gasteiger charge is -2.33. The number of likely N-dealkylation sites (N-methyl/N-ethyl adjacent to an activating group) is 1. The summed E-state index contributed by atoms with van der Waals surface area (Å²) in [5, 5.41) is 1.33. The van der Waals surface area contributed by atoms with E-state index in [-0.39, 0.29) is 6.10 Å². The molecule has 4 aliphatic rings. The predicted molar refractivity (Wildman–Crippen MR) is 119 cm³/mol. The number of aryl methyl sites for hydroxylation is 2. The second kappa shape index (κ2) is 7.98. The van der Waals surface area contributed by atoms with Gasteiger partial charge in [-0.2, -0.15) is 0 Å². The molecule has 0 N–H and O–H groups in total. The Morgan fingerprint density at radius 2 is 1.90 bits per heavy atom. The maximum atomic E-state index is 6.14. The fraction of sp³-hybridized carbons (Fsp3) is 0.727. The normalized spacial score (nSPS) is 28.1. The molecule has 5 heterocycles. The van der Waals surface area contributed by atoms with Gasteiger partial charge in [-0.25, -0.2) is 9.97 Å². The lowest BCUT2D eigenvalue weighted by atomic mass is 9.97. The van der Waals surface area contributed by atoms with Gasteiger partial charge in [0, 0.05) is 37.6 Å². The van der Waals surface area contributed by atoms with Crippen LogP contribution in [0.25, 0.3) is 10.2 Å². The Morgan fingerprint density at radius 1 is 1.03 bits per heavy atom. The van der Waals surface area contributed by atoms with E-state index < -0.39 is 0 Å². The molecule has 1 aliphatic carbocycles. The van der Waals surface area contributed by atoms with Crippen molar-refractivity contribution in [2.24, 2.45) is 0 Å². The summed E-state index contributed by atoms with van der Waals surface area (Å²) in [4.78, 5) is 20.4. The van der Waals surface area contributed by atoms with Gasteiger partial charge in [0.15, 0.2) is 0 Å². The van der Waals surface area contributed by atoms with Gasteiger partial charge in [-0.1, -0.05) is 0 Å². The number of rotatable bonds is 3. The molecule has 0 amide bonds. The number of hydrogen-bond acceptors (Lipinski definition) is 8. The molecular formula is C22H31N5O2S. The standard InChI is InChI=1S/C22H31N5O2S/c1-25-6-11-29-17-13-27(12-16(17)25)21-20-15-4-2-3-5-18(15)30-22(20)24-19(23-21)14-26-7-9-28-10-8-26/h16-17H,2-14H2,1H3. The van der Waals surface area contributed by atoms with Gasteiger partial charge in [0.25, 0.3) is 0 Å². The van der Waals surface area contributed by atoms with Crippen molar-refractivity contribution in [1.29, 1.82) is 0 Å². The van der Waals surface area contributed by atoms with E-state index in [1.807, 2.05) is 11.3 Å². The quantitative estimate of drug-likeness (QED) is 0.739. The Kier molecular flexibility index (Phi) is 5.15. The SMILES string of the molecule is CN1CCOC2CN(c3nc(CN4CCOCC4)nc4sc5c(c34)CCCC5)CC21. The molecule has 0 aromatic carbocycles. The van der Waals surface area contributed by atoms with E-state index in [1.165, 1.54) is 41.5 Å². The molecule has 2 atom stereocenters. The summed E-state index contributed by atoms with van der Waals surface area (Å²) in [6.45, 7) is 8.13. The van der Waals surface area contributed by atoms with Crippen LogP contribution < -0.4 is 4.90 Å². The number of morpholine rings is 2. The first-order chi connectivity index (χ1) is 14.8. The molecule has 2 unspecified atom stereocenters. The molecule has 0 spiro atoms. The van der Waals surface area contributed by atoms with E-state index in [1.54, 1.807) is 4.88 Å². The zero-order valence-corrected chi connectivity index (χ0v) is 18.6. The Bertz CT molecular complexity index is 928. The molecule has 0 bridgehead atoms. The molecule has 3 saturated heterocycles. The van der Waals surface area contributed by atoms with Crippen molar-refractivity contribution in [2.45, 2.75) is 44.4 Å². The summed E-state index contributed by atoms with van der Waals surface area (Å²) in [6, 6.07) is 0.459. The minimum atomic E-state index is 0.283. The summed E-state index contributed by atoms with van der Waals surface area (Å²) in [7, 11) is 2.23. The molecule has 0 saturated carbocycles. The summed E-state index contributed by atoms with van der Waals surface area (Å²) >= 11 is 1.91. The summed E-state index contributed by atoms with van der Waals surface area (Å²) < 4.78 is 11.7. The van der Waals surface area contributed by atoms with Gasteiger partial charge in [-0.3, -0.25) is 9.80 Å². The molecule has 8 heteroatoms. The molecule has 2 aromatic heterocycles. The van der Waals surface area contributed by atoms with Crippen LogP contribution in [0, 0.1) is 0 Å². The Labute approximate surface area is 182 Å². The lowest BCUT2D eigenvalue weighted by molar-refractivity contribution is -0.0362. The van der Waals surface area contributed by atoms with Gasteiger partial charge in [-0.15, -0.1) is 11.3 Å². The average Bonchev–Trinajstić information content (AvgIpc) is 3.36. The average molecular weight is 430 g/mol. The van der Waals surface area contributed by atoms with E-state index in [2.05, 4.69) is 21.7 Å². The first-order valence-corrected chi connectivity index (χ1v) is 12.3. The third-order valence-corrected chi connectivity index (χ3v) is 8.37. The summed E-state index contributed by atoms with van der Waals surface area (Å²) in [5.74, 6) is 2.12. The van der Waals surface area contributed by atoms with E-state index >= 15 is 0 Å². The molecule has 2 aromatic rings. The van der Waals surface area contributed by atoms with Gasteiger partial charge in [0.05, 0.1) is 43.9 Å². The van der Waals surface area contributed by atoms with Gasteiger partial charge < -0.3 is 14.4 Å². The number of thiophene rings is 1. The van der Waals surface area contributed by atoms with Crippen LogP contribution in [0.2, 0.25) is 0 Å². The minimum absolute atomic E-state index is 0.283. The minimum Gasteiger partial charge on any atom is -0.379 e. The van der Waals surface area contributed by atoms with Crippen molar-refractivity contribution in [3.63, 3.8) is 0 Å². The molecule has 7 nitrogen and oxygen atoms in total. The van der Waals surface area contributed by atoms with Crippen LogP contribution in [0.4, 0.5) is 5.82 Å². The number of hydrogen-bond donors (Lipinski definition) is 0. The second-order valence-electron chi connectivity index (χ2n) is 9.11. The summed E-state index contributed by atoms with van der Waals surface area (Å²) in [5.41, 5.74) is 1.53. The van der Waals surface area contributed by atoms with Crippen LogP contribution in [0.5, 0.6) is 0 Å². The van der Waals surface area contributed by atoms with Crippen molar-refractivity contribution in [3.05, 3.63) is 16.3 Å². The monoisotopic (exact) mass is 429 g/mol. The topological polar surface area (TPSA) is 54.0 Å². The first-order valence-electron chi connectivity index (χ1n) is 11.4. The predicted octanol–water partition coefficient (Wildman–Crippen LogP) is 1.92. The van der Waals surface area contributed by atoms with Gasteiger partial charge in [0.1, 0.15) is 16.5 Å². The number of nitrogens with zero attached hydrogens (tertiary/aromatic N) is 5. The number of aromatic nitrogens is 2. The van der Waals surface area contributed by atoms with Crippen LogP contribution in [0.15, 0.2) is 0 Å². The lowest BCUT2D eigenvalue weighted by Crippen LogP contribution is -2.48. The van der Waals surface area contributed by atoms with Crippen molar-refractivity contribution in [1.82, 2.24) is 19.8 Å². The maximum absolute atomic E-state index is 6.14. The zero-order valence-electron chi connectivity index (χ0n) is 17.8. The molecule has 0 radical (unpaired) electrons. The van der Waals surface area contributed by atoms with E-state index in [9.17, 15) is 0 Å². The largest absolute Gasteiger partial charge is 0.379 e. The maximum Gasteiger partial charge on any atom is 0.146 e. The van der Waals surface area contributed by atoms with E-state index in [4.69, 9.17) is 19.4 Å². The third kappa shape index (κ3) is 3.42. The van der Waals surface area contributed by atoms with E-state index in [0.717, 1.165) is 70.7 Å². The van der Waals surface area contributed by atoms with Gasteiger partial charge in [0.2, 0.25) is 0 Å². The van der Waals surface area contributed by atoms with Crippen molar-refractivity contribution in [3.8, 4) is 0 Å². The molecule has 162 valence electrons. The molecule has 30 heavy (non-hydrogen) atoms. The van der Waals surface area contributed by atoms with Gasteiger partial charge in [-0.05, 0) is 38.3 Å². The van der Waals surface area contributed by atoms with Crippen LogP contribution >= 0.6 is 11.3 Å². The summed E-state index contributed by atoms with van der Waals surface area (Å²) in [6.07, 6.45) is 5.24. The Morgan fingerprint density at radius 3 is 2.77 bits per heavy atom. The highest BCUT2D eigenvalue weighted by Crippen LogP contribution is 2.41. The number of anilines is 1. The van der Waals surface area contributed by atoms with Crippen molar-refractivity contribution in [2.75, 3.05) is 64.5 Å². The highest BCUT2D eigenvalue weighted by molar-refractivity contribution is 7.19. The Balaban J connectivity index is 1.39. The zero-order chi connectivity index (χ0) is 20.1. The number of fused-ring (bicyclic) bond motifs is 4. The molecular weight excluding hydrogens is 398 g/mol. The molecule has 6 rings (SSSR count). The highest BCUT2D eigenvalue weighted by atomic mass is 32.1. The fourth-order valence-electron chi connectivity index (χ4n) is 5.47. The van der Waals surface area contributed by atoms with E-state index in [0.29, 0.717) is 6.04 Å². The Hall–Kier alpha value is -1.32. The van der Waals surface area contributed by atoms with Gasteiger partial charge >= 0.3 is 0 Å². The van der Waals surface area contributed by atoms with Crippen LogP contribution in [0.3, 0.4) is 0 Å². The van der Waals surface area contributed by atoms with Crippen LogP contribution in [0.1, 0.15) is 29.1 Å². The third-order valence-electron chi connectivity index (χ3n) is 7.19. The second-order valence-corrected chi connectivity index (χ2v) is 10.2. The van der Waals surface area contributed by atoms with Crippen LogP contribution in [-0.4, -0.2) is 91.5 Å².